The van der Waals surface area contributed by atoms with E-state index in [1.165, 1.54) is 38.5 Å². The Kier molecular flexibility index (Phi) is 6.05. The van der Waals surface area contributed by atoms with Crippen LogP contribution in [0.1, 0.15) is 76.0 Å². The van der Waals surface area contributed by atoms with Gasteiger partial charge < -0.3 is 10.2 Å². The number of hydrogen-bond donors (Lipinski definition) is 1. The summed E-state index contributed by atoms with van der Waals surface area (Å²) in [7, 11) is 1.92. The predicted octanol–water partition coefficient (Wildman–Crippen LogP) is 6.29. The zero-order valence-corrected chi connectivity index (χ0v) is 22.5. The van der Waals surface area contributed by atoms with Crippen molar-refractivity contribution in [3.63, 3.8) is 0 Å². The molecule has 3 aliphatic carbocycles. The minimum absolute atomic E-state index is 0.139. The van der Waals surface area contributed by atoms with E-state index in [1.807, 2.05) is 72.6 Å². The van der Waals surface area contributed by atoms with E-state index in [4.69, 9.17) is 0 Å². The highest BCUT2D eigenvalue weighted by Crippen LogP contribution is 2.64. The van der Waals surface area contributed by atoms with Crippen LogP contribution < -0.4 is 5.32 Å². The van der Waals surface area contributed by atoms with E-state index < -0.39 is 0 Å². The number of fused-ring (bicyclic) bond motifs is 5. The van der Waals surface area contributed by atoms with Crippen LogP contribution in [0.2, 0.25) is 0 Å². The number of likely N-dealkylation sites (N-methyl/N-ethyl adjacent to an activating group) is 1. The maximum absolute atomic E-state index is 13.9. The van der Waals surface area contributed by atoms with Crippen LogP contribution >= 0.6 is 0 Å². The van der Waals surface area contributed by atoms with Gasteiger partial charge in [0.2, 0.25) is 0 Å². The zero-order valence-electron chi connectivity index (χ0n) is 22.5. The maximum atomic E-state index is 13.9. The molecule has 3 saturated carbocycles. The maximum Gasteiger partial charge on any atom is 0.259 e. The van der Waals surface area contributed by atoms with Crippen molar-refractivity contribution in [1.82, 2.24) is 10.2 Å². The van der Waals surface area contributed by atoms with Crippen molar-refractivity contribution in [2.75, 3.05) is 7.05 Å². The average molecular weight is 497 g/mol. The molecule has 1 heterocycles. The van der Waals surface area contributed by atoms with Crippen molar-refractivity contribution in [3.8, 4) is 0 Å². The second kappa shape index (κ2) is 9.15. The van der Waals surface area contributed by atoms with Crippen LogP contribution in [0.4, 0.5) is 0 Å². The van der Waals surface area contributed by atoms with Crippen LogP contribution in [0.15, 0.2) is 72.3 Å². The Balaban J connectivity index is 1.34. The Bertz CT molecular complexity index is 1170. The van der Waals surface area contributed by atoms with Crippen LogP contribution in [0.3, 0.4) is 0 Å². The SMILES string of the molecule is CN1C(=O)C(C(=O)NC(c2ccccc2)c2ccccc2)=C[C@@]2(C)C1CC[C@@H]1[C@H]2CC[C@]2(C)CCC[C@@H]12. The highest BCUT2D eigenvalue weighted by molar-refractivity contribution is 6.19. The molecule has 4 nitrogen and oxygen atoms in total. The standard InChI is InChI=1S/C33H40N2O2/c1-32-19-10-15-26(32)24-16-17-28-33(2,27(24)18-20-32)21-25(31(37)35(28)3)30(36)34-29(22-11-6-4-7-12-22)23-13-8-5-9-14-23/h4-9,11-14,21,24,26-29H,10,15-20H2,1-3H3,(H,34,36)/t24-,26-,27+,28?,32-,33+/m0/s1. The normalized spacial score (nSPS) is 34.9. The molecule has 4 heteroatoms. The van der Waals surface area contributed by atoms with Crippen LogP contribution in [0.25, 0.3) is 0 Å². The van der Waals surface area contributed by atoms with E-state index in [1.54, 1.807) is 0 Å². The Morgan fingerprint density at radius 1 is 0.892 bits per heavy atom. The summed E-state index contributed by atoms with van der Waals surface area (Å²) in [6, 6.07) is 19.9. The summed E-state index contributed by atoms with van der Waals surface area (Å²) in [5.41, 5.74) is 2.65. The monoisotopic (exact) mass is 496 g/mol. The molecule has 2 amide bonds. The van der Waals surface area contributed by atoms with Gasteiger partial charge in [0.1, 0.15) is 5.57 Å². The second-order valence-corrected chi connectivity index (χ2v) is 12.6. The van der Waals surface area contributed by atoms with Gasteiger partial charge in [-0.15, -0.1) is 0 Å². The molecule has 2 aromatic carbocycles. The highest BCUT2D eigenvalue weighted by Gasteiger charge is 2.59. The molecule has 6 atom stereocenters. The summed E-state index contributed by atoms with van der Waals surface area (Å²) < 4.78 is 0. The molecule has 1 N–H and O–H groups in total. The van der Waals surface area contributed by atoms with E-state index in [9.17, 15) is 9.59 Å². The van der Waals surface area contributed by atoms with Gasteiger partial charge in [0.05, 0.1) is 6.04 Å². The third-order valence-corrected chi connectivity index (χ3v) is 10.8. The number of amides is 2. The molecule has 0 aromatic heterocycles. The lowest BCUT2D eigenvalue weighted by atomic mass is 9.48. The fourth-order valence-corrected chi connectivity index (χ4v) is 8.90. The molecule has 194 valence electrons. The molecule has 37 heavy (non-hydrogen) atoms. The van der Waals surface area contributed by atoms with Crippen LogP contribution in [0, 0.1) is 28.6 Å². The summed E-state index contributed by atoms with van der Waals surface area (Å²) in [6.45, 7) is 4.86. The van der Waals surface area contributed by atoms with Crippen molar-refractivity contribution < 1.29 is 9.59 Å². The Morgan fingerprint density at radius 3 is 2.19 bits per heavy atom. The van der Waals surface area contributed by atoms with E-state index in [-0.39, 0.29) is 29.3 Å². The quantitative estimate of drug-likeness (QED) is 0.506. The van der Waals surface area contributed by atoms with Gasteiger partial charge in [0.25, 0.3) is 11.8 Å². The molecule has 2 aromatic rings. The van der Waals surface area contributed by atoms with E-state index in [0.29, 0.717) is 22.8 Å². The fraction of sp³-hybridized carbons (Fsp3) is 0.515. The molecular weight excluding hydrogens is 456 g/mol. The van der Waals surface area contributed by atoms with Crippen molar-refractivity contribution in [2.45, 2.75) is 70.9 Å². The molecule has 3 fully saturated rings. The largest absolute Gasteiger partial charge is 0.341 e. The van der Waals surface area contributed by atoms with E-state index >= 15 is 0 Å². The van der Waals surface area contributed by atoms with Gasteiger partial charge in [-0.25, -0.2) is 0 Å². The molecule has 0 radical (unpaired) electrons. The molecule has 0 saturated heterocycles. The number of nitrogens with one attached hydrogen (secondary N) is 1. The first-order valence-electron chi connectivity index (χ1n) is 14.2. The third-order valence-electron chi connectivity index (χ3n) is 10.8. The minimum Gasteiger partial charge on any atom is -0.341 e. The third kappa shape index (κ3) is 3.95. The van der Waals surface area contributed by atoms with Crippen LogP contribution in [-0.4, -0.2) is 29.8 Å². The number of carbonyl (C=O) groups is 2. The van der Waals surface area contributed by atoms with Gasteiger partial charge in [-0.2, -0.15) is 0 Å². The Hall–Kier alpha value is -2.88. The predicted molar refractivity (Wildman–Crippen MR) is 147 cm³/mol. The van der Waals surface area contributed by atoms with Crippen LogP contribution in [-0.2, 0) is 9.59 Å². The number of benzene rings is 2. The Morgan fingerprint density at radius 2 is 1.54 bits per heavy atom. The molecule has 6 rings (SSSR count). The lowest BCUT2D eigenvalue weighted by Gasteiger charge is -2.60. The smallest absolute Gasteiger partial charge is 0.259 e. The highest BCUT2D eigenvalue weighted by atomic mass is 16.2. The number of nitrogens with zero attached hydrogens (tertiary/aromatic N) is 1. The van der Waals surface area contributed by atoms with E-state index in [0.717, 1.165) is 23.5 Å². The molecule has 4 aliphatic rings. The lowest BCUT2D eigenvalue weighted by molar-refractivity contribution is -0.141. The Labute approximate surface area is 221 Å². The summed E-state index contributed by atoms with van der Waals surface area (Å²) in [4.78, 5) is 29.4. The molecule has 1 unspecified atom stereocenters. The van der Waals surface area contributed by atoms with Gasteiger partial charge in [-0.05, 0) is 72.8 Å². The summed E-state index contributed by atoms with van der Waals surface area (Å²) >= 11 is 0. The van der Waals surface area contributed by atoms with Crippen LogP contribution in [0.5, 0.6) is 0 Å². The summed E-state index contributed by atoms with van der Waals surface area (Å²) in [5.74, 6) is 1.61. The fourth-order valence-electron chi connectivity index (χ4n) is 8.90. The van der Waals surface area contributed by atoms with Gasteiger partial charge in [-0.1, -0.05) is 87.0 Å². The number of hydrogen-bond acceptors (Lipinski definition) is 2. The van der Waals surface area contributed by atoms with Gasteiger partial charge in [0, 0.05) is 18.5 Å². The first-order chi connectivity index (χ1) is 17.8. The molecular formula is C33H40N2O2. The van der Waals surface area contributed by atoms with E-state index in [2.05, 4.69) is 25.2 Å². The average Bonchev–Trinajstić information content (AvgIpc) is 3.32. The number of rotatable bonds is 4. The molecule has 0 bridgehead atoms. The first-order valence-corrected chi connectivity index (χ1v) is 14.2. The van der Waals surface area contributed by atoms with Crippen molar-refractivity contribution >= 4 is 11.8 Å². The van der Waals surface area contributed by atoms with Crippen molar-refractivity contribution in [3.05, 3.63) is 83.4 Å². The summed E-state index contributed by atoms with van der Waals surface area (Å²) in [5, 5.41) is 3.24. The van der Waals surface area contributed by atoms with Crippen molar-refractivity contribution in [1.29, 1.82) is 0 Å². The summed E-state index contributed by atoms with van der Waals surface area (Å²) in [6.07, 6.45) is 10.9. The zero-order chi connectivity index (χ0) is 25.8. The minimum atomic E-state index is -0.313. The topological polar surface area (TPSA) is 49.4 Å². The molecule has 1 aliphatic heterocycles. The van der Waals surface area contributed by atoms with Gasteiger partial charge >= 0.3 is 0 Å². The van der Waals surface area contributed by atoms with Crippen molar-refractivity contribution in [2.24, 2.45) is 28.6 Å². The number of carbonyl (C=O) groups excluding carboxylic acids is 2. The lowest BCUT2D eigenvalue weighted by Crippen LogP contribution is -2.61. The molecule has 0 spiro atoms. The van der Waals surface area contributed by atoms with Gasteiger partial charge in [-0.3, -0.25) is 9.59 Å². The first kappa shape index (κ1) is 24.5. The second-order valence-electron chi connectivity index (χ2n) is 12.6. The van der Waals surface area contributed by atoms with Gasteiger partial charge in [0.15, 0.2) is 0 Å².